The van der Waals surface area contributed by atoms with Gasteiger partial charge in [0.2, 0.25) is 5.91 Å². The van der Waals surface area contributed by atoms with E-state index in [0.717, 1.165) is 5.69 Å². The van der Waals surface area contributed by atoms with Crippen LogP contribution in [-0.4, -0.2) is 40.3 Å². The van der Waals surface area contributed by atoms with Crippen LogP contribution in [0.4, 0.5) is 5.69 Å². The third-order valence-electron chi connectivity index (χ3n) is 5.10. The molecule has 1 fully saturated rings. The molecule has 2 aromatic rings. The standard InChI is InChI=1S/C19H20ClN7O/c1-19(18(28)23-6-9-27-13-24-17(12-22)25-27)4-7-26(8-5-19)16-3-2-15(20)10-14(16)11-21/h2-3,10,13H,4-9H2,1H3,(H,23,28). The number of carbonyl (C=O) groups is 1. The Hall–Kier alpha value is -3.10. The number of piperidine rings is 1. The Labute approximate surface area is 168 Å². The topological polar surface area (TPSA) is 111 Å². The highest BCUT2D eigenvalue weighted by molar-refractivity contribution is 6.30. The summed E-state index contributed by atoms with van der Waals surface area (Å²) in [4.78, 5) is 18.6. The van der Waals surface area contributed by atoms with Crippen LogP contribution in [0, 0.1) is 28.1 Å². The fourth-order valence-electron chi connectivity index (χ4n) is 3.29. The number of hydrogen-bond acceptors (Lipinski definition) is 6. The van der Waals surface area contributed by atoms with Gasteiger partial charge in [0, 0.05) is 30.1 Å². The molecule has 9 heteroatoms. The lowest BCUT2D eigenvalue weighted by atomic mass is 9.79. The van der Waals surface area contributed by atoms with Crippen LogP contribution in [0.15, 0.2) is 24.5 Å². The lowest BCUT2D eigenvalue weighted by molar-refractivity contribution is -0.131. The van der Waals surface area contributed by atoms with Crippen molar-refractivity contribution in [3.8, 4) is 12.1 Å². The first-order valence-electron chi connectivity index (χ1n) is 8.97. The van der Waals surface area contributed by atoms with Crippen molar-refractivity contribution in [2.24, 2.45) is 5.41 Å². The molecule has 1 N–H and O–H groups in total. The van der Waals surface area contributed by atoms with Crippen LogP contribution in [0.1, 0.15) is 31.2 Å². The van der Waals surface area contributed by atoms with E-state index in [1.807, 2.05) is 19.1 Å². The number of nitriles is 2. The first-order chi connectivity index (χ1) is 13.4. The summed E-state index contributed by atoms with van der Waals surface area (Å²) in [7, 11) is 0. The van der Waals surface area contributed by atoms with E-state index in [0.29, 0.717) is 49.6 Å². The second-order valence-electron chi connectivity index (χ2n) is 7.02. The molecule has 0 radical (unpaired) electrons. The zero-order valence-electron chi connectivity index (χ0n) is 15.5. The van der Waals surface area contributed by atoms with Gasteiger partial charge in [0.05, 0.1) is 17.8 Å². The fraction of sp³-hybridized carbons (Fsp3) is 0.421. The SMILES string of the molecule is CC1(C(=O)NCCn2cnc(C#N)n2)CCN(c2ccc(Cl)cc2C#N)CC1. The van der Waals surface area contributed by atoms with E-state index in [9.17, 15) is 10.1 Å². The number of anilines is 1. The van der Waals surface area contributed by atoms with Crippen molar-refractivity contribution in [2.45, 2.75) is 26.3 Å². The summed E-state index contributed by atoms with van der Waals surface area (Å²) in [6.45, 7) is 4.22. The highest BCUT2D eigenvalue weighted by atomic mass is 35.5. The highest BCUT2D eigenvalue weighted by Gasteiger charge is 2.37. The Morgan fingerprint density at radius 1 is 1.32 bits per heavy atom. The van der Waals surface area contributed by atoms with Gasteiger partial charge < -0.3 is 10.2 Å². The van der Waals surface area contributed by atoms with Crippen molar-refractivity contribution in [1.29, 1.82) is 10.5 Å². The Morgan fingerprint density at radius 3 is 2.71 bits per heavy atom. The van der Waals surface area contributed by atoms with Gasteiger partial charge in [0.15, 0.2) is 0 Å². The summed E-state index contributed by atoms with van der Waals surface area (Å²) >= 11 is 5.98. The number of nitrogens with zero attached hydrogens (tertiary/aromatic N) is 6. The minimum Gasteiger partial charge on any atom is -0.370 e. The summed E-state index contributed by atoms with van der Waals surface area (Å²) in [6, 6.07) is 9.36. The minimum atomic E-state index is -0.462. The molecule has 28 heavy (non-hydrogen) atoms. The molecular weight excluding hydrogens is 378 g/mol. The average molecular weight is 398 g/mol. The molecular formula is C19H20ClN7O. The third kappa shape index (κ3) is 4.24. The molecule has 8 nitrogen and oxygen atoms in total. The van der Waals surface area contributed by atoms with Crippen LogP contribution in [0.2, 0.25) is 5.02 Å². The predicted octanol–water partition coefficient (Wildman–Crippen LogP) is 2.10. The quantitative estimate of drug-likeness (QED) is 0.827. The minimum absolute atomic E-state index is 0.00406. The van der Waals surface area contributed by atoms with Crippen LogP contribution >= 0.6 is 11.6 Å². The van der Waals surface area contributed by atoms with Crippen LogP contribution in [0.25, 0.3) is 0 Å². The van der Waals surface area contributed by atoms with E-state index < -0.39 is 5.41 Å². The molecule has 1 aromatic carbocycles. The van der Waals surface area contributed by atoms with Crippen molar-refractivity contribution < 1.29 is 4.79 Å². The molecule has 0 saturated carbocycles. The lowest BCUT2D eigenvalue weighted by Gasteiger charge is -2.39. The number of carbonyl (C=O) groups excluding carboxylic acids is 1. The van der Waals surface area contributed by atoms with E-state index >= 15 is 0 Å². The third-order valence-corrected chi connectivity index (χ3v) is 5.33. The van der Waals surface area contributed by atoms with Crippen molar-refractivity contribution in [3.63, 3.8) is 0 Å². The summed E-state index contributed by atoms with van der Waals surface area (Å²) in [5, 5.41) is 25.5. The normalized spacial score (nSPS) is 15.5. The Morgan fingerprint density at radius 2 is 2.07 bits per heavy atom. The number of hydrogen-bond donors (Lipinski definition) is 1. The van der Waals surface area contributed by atoms with E-state index in [4.69, 9.17) is 16.9 Å². The monoisotopic (exact) mass is 397 g/mol. The fourth-order valence-corrected chi connectivity index (χ4v) is 3.46. The second kappa shape index (κ2) is 8.28. The molecule has 1 amide bonds. The van der Waals surface area contributed by atoms with Gasteiger partial charge in [-0.3, -0.25) is 4.79 Å². The number of benzene rings is 1. The summed E-state index contributed by atoms with van der Waals surface area (Å²) in [6.07, 6.45) is 2.85. The molecule has 1 aliphatic heterocycles. The molecule has 0 bridgehead atoms. The van der Waals surface area contributed by atoms with E-state index in [1.165, 1.54) is 11.0 Å². The van der Waals surface area contributed by atoms with Crippen LogP contribution < -0.4 is 10.2 Å². The number of halogens is 1. The first kappa shape index (κ1) is 19.7. The van der Waals surface area contributed by atoms with Crippen molar-refractivity contribution in [2.75, 3.05) is 24.5 Å². The summed E-state index contributed by atoms with van der Waals surface area (Å²) < 4.78 is 1.54. The summed E-state index contributed by atoms with van der Waals surface area (Å²) in [5.74, 6) is 0.119. The van der Waals surface area contributed by atoms with Gasteiger partial charge in [-0.2, -0.15) is 10.5 Å². The van der Waals surface area contributed by atoms with Crippen LogP contribution in [0.3, 0.4) is 0 Å². The highest BCUT2D eigenvalue weighted by Crippen LogP contribution is 2.34. The van der Waals surface area contributed by atoms with Crippen molar-refractivity contribution in [3.05, 3.63) is 40.9 Å². The molecule has 1 aromatic heterocycles. The van der Waals surface area contributed by atoms with Gasteiger partial charge in [-0.05, 0) is 31.0 Å². The van der Waals surface area contributed by atoms with Crippen LogP contribution in [0.5, 0.6) is 0 Å². The Kier molecular flexibility index (Phi) is 5.81. The number of nitrogens with one attached hydrogen (secondary N) is 1. The molecule has 0 atom stereocenters. The Balaban J connectivity index is 1.54. The van der Waals surface area contributed by atoms with E-state index in [2.05, 4.69) is 26.4 Å². The van der Waals surface area contributed by atoms with E-state index in [1.54, 1.807) is 12.1 Å². The molecule has 0 spiro atoms. The maximum atomic E-state index is 12.7. The molecule has 0 aliphatic carbocycles. The zero-order valence-corrected chi connectivity index (χ0v) is 16.3. The molecule has 0 unspecified atom stereocenters. The zero-order chi connectivity index (χ0) is 20.1. The lowest BCUT2D eigenvalue weighted by Crippen LogP contribution is -2.48. The van der Waals surface area contributed by atoms with Gasteiger partial charge in [-0.15, -0.1) is 5.10 Å². The number of aromatic nitrogens is 3. The molecule has 3 rings (SSSR count). The number of rotatable bonds is 5. The maximum absolute atomic E-state index is 12.7. The maximum Gasteiger partial charge on any atom is 0.252 e. The van der Waals surface area contributed by atoms with Gasteiger partial charge in [-0.1, -0.05) is 18.5 Å². The largest absolute Gasteiger partial charge is 0.370 e. The van der Waals surface area contributed by atoms with Gasteiger partial charge >= 0.3 is 0 Å². The van der Waals surface area contributed by atoms with Gasteiger partial charge in [-0.25, -0.2) is 9.67 Å². The first-order valence-corrected chi connectivity index (χ1v) is 9.35. The summed E-state index contributed by atoms with van der Waals surface area (Å²) in [5.41, 5.74) is 0.939. The molecule has 1 aliphatic rings. The predicted molar refractivity (Wildman–Crippen MR) is 103 cm³/mol. The Bertz CT molecular complexity index is 948. The van der Waals surface area contributed by atoms with Gasteiger partial charge in [0.25, 0.3) is 5.82 Å². The second-order valence-corrected chi connectivity index (χ2v) is 7.46. The molecule has 2 heterocycles. The van der Waals surface area contributed by atoms with E-state index in [-0.39, 0.29) is 11.7 Å². The van der Waals surface area contributed by atoms with Crippen LogP contribution in [-0.2, 0) is 11.3 Å². The van der Waals surface area contributed by atoms with Crippen molar-refractivity contribution in [1.82, 2.24) is 20.1 Å². The average Bonchev–Trinajstić information content (AvgIpc) is 3.16. The molecule has 144 valence electrons. The van der Waals surface area contributed by atoms with Gasteiger partial charge in [0.1, 0.15) is 18.5 Å². The van der Waals surface area contributed by atoms with Crippen molar-refractivity contribution >= 4 is 23.2 Å². The molecule has 1 saturated heterocycles. The number of amides is 1. The smallest absolute Gasteiger partial charge is 0.252 e.